The lowest BCUT2D eigenvalue weighted by atomic mass is 10.00. The lowest BCUT2D eigenvalue weighted by Gasteiger charge is -2.36. The van der Waals surface area contributed by atoms with Crippen molar-refractivity contribution in [1.82, 2.24) is 4.98 Å². The molecule has 1 saturated heterocycles. The van der Waals surface area contributed by atoms with Gasteiger partial charge in [-0.1, -0.05) is 0 Å². The first-order valence-corrected chi connectivity index (χ1v) is 6.36. The average molecular weight is 225 g/mol. The number of thiazole rings is 1. The Bertz CT molecular complexity index is 328. The zero-order valence-corrected chi connectivity index (χ0v) is 10.5. The highest BCUT2D eigenvalue weighted by Gasteiger charge is 2.25. The van der Waals surface area contributed by atoms with Crippen LogP contribution in [0.2, 0.25) is 0 Å². The summed E-state index contributed by atoms with van der Waals surface area (Å²) in [5.41, 5.74) is 7.12. The number of nitrogens with two attached hydrogens (primary N) is 1. The summed E-state index contributed by atoms with van der Waals surface area (Å²) in [6.45, 7) is 7.51. The van der Waals surface area contributed by atoms with Crippen molar-refractivity contribution in [3.05, 3.63) is 10.6 Å². The Morgan fingerprint density at radius 3 is 2.73 bits per heavy atom. The standard InChI is InChI=1S/C11H19N3S/c1-7-6-10(12)4-5-14(7)11-13-8(2)9(3)15-11/h7,10H,4-6,12H2,1-3H3. The van der Waals surface area contributed by atoms with Crippen LogP contribution >= 0.6 is 11.3 Å². The summed E-state index contributed by atoms with van der Waals surface area (Å²) < 4.78 is 0. The Labute approximate surface area is 95.3 Å². The largest absolute Gasteiger partial charge is 0.345 e. The minimum Gasteiger partial charge on any atom is -0.345 e. The van der Waals surface area contributed by atoms with Crippen molar-refractivity contribution >= 4 is 16.5 Å². The second kappa shape index (κ2) is 4.10. The number of piperidine rings is 1. The first-order valence-electron chi connectivity index (χ1n) is 5.54. The van der Waals surface area contributed by atoms with Gasteiger partial charge >= 0.3 is 0 Å². The second-order valence-electron chi connectivity index (χ2n) is 4.46. The van der Waals surface area contributed by atoms with Gasteiger partial charge in [0.25, 0.3) is 0 Å². The van der Waals surface area contributed by atoms with Gasteiger partial charge in [0.05, 0.1) is 5.69 Å². The lowest BCUT2D eigenvalue weighted by Crippen LogP contribution is -2.45. The van der Waals surface area contributed by atoms with E-state index in [1.165, 1.54) is 10.0 Å². The Balaban J connectivity index is 2.16. The fourth-order valence-corrected chi connectivity index (χ4v) is 3.11. The number of hydrogen-bond donors (Lipinski definition) is 1. The fourth-order valence-electron chi connectivity index (χ4n) is 2.07. The summed E-state index contributed by atoms with van der Waals surface area (Å²) in [5, 5.41) is 1.17. The number of aryl methyl sites for hydroxylation is 2. The van der Waals surface area contributed by atoms with E-state index < -0.39 is 0 Å². The molecular formula is C11H19N3S. The van der Waals surface area contributed by atoms with Crippen LogP contribution in [0.4, 0.5) is 5.13 Å². The van der Waals surface area contributed by atoms with Crippen molar-refractivity contribution in [3.8, 4) is 0 Å². The van der Waals surface area contributed by atoms with Crippen LogP contribution in [0.25, 0.3) is 0 Å². The molecule has 1 aromatic rings. The highest BCUT2D eigenvalue weighted by molar-refractivity contribution is 7.15. The molecule has 2 atom stereocenters. The monoisotopic (exact) mass is 225 g/mol. The summed E-state index contributed by atoms with van der Waals surface area (Å²) in [6, 6.07) is 0.900. The van der Waals surface area contributed by atoms with Gasteiger partial charge in [0.1, 0.15) is 0 Å². The van der Waals surface area contributed by atoms with E-state index in [1.807, 2.05) is 0 Å². The van der Waals surface area contributed by atoms with Crippen molar-refractivity contribution in [2.75, 3.05) is 11.4 Å². The molecule has 1 aliphatic heterocycles. The molecule has 4 heteroatoms. The molecule has 0 spiro atoms. The fraction of sp³-hybridized carbons (Fsp3) is 0.727. The van der Waals surface area contributed by atoms with E-state index in [1.54, 1.807) is 11.3 Å². The van der Waals surface area contributed by atoms with Crippen molar-refractivity contribution in [2.45, 2.75) is 45.7 Å². The van der Waals surface area contributed by atoms with E-state index in [0.29, 0.717) is 12.1 Å². The molecule has 84 valence electrons. The van der Waals surface area contributed by atoms with Crippen LogP contribution in [-0.4, -0.2) is 23.6 Å². The molecular weight excluding hydrogens is 206 g/mol. The van der Waals surface area contributed by atoms with E-state index in [9.17, 15) is 0 Å². The molecule has 0 aromatic carbocycles. The van der Waals surface area contributed by atoms with Crippen LogP contribution in [0.5, 0.6) is 0 Å². The molecule has 1 aliphatic rings. The minimum absolute atomic E-state index is 0.374. The molecule has 3 nitrogen and oxygen atoms in total. The van der Waals surface area contributed by atoms with Crippen LogP contribution in [0.3, 0.4) is 0 Å². The normalized spacial score (nSPS) is 27.1. The molecule has 1 aromatic heterocycles. The van der Waals surface area contributed by atoms with Gasteiger partial charge in [-0.05, 0) is 33.6 Å². The van der Waals surface area contributed by atoms with Gasteiger partial charge in [-0.2, -0.15) is 0 Å². The lowest BCUT2D eigenvalue weighted by molar-refractivity contribution is 0.429. The number of anilines is 1. The Kier molecular flexibility index (Phi) is 2.98. The van der Waals surface area contributed by atoms with Gasteiger partial charge in [0, 0.05) is 23.5 Å². The topological polar surface area (TPSA) is 42.2 Å². The predicted octanol–water partition coefficient (Wildman–Crippen LogP) is 2.08. The van der Waals surface area contributed by atoms with E-state index >= 15 is 0 Å². The number of rotatable bonds is 1. The van der Waals surface area contributed by atoms with Crippen LogP contribution in [0.1, 0.15) is 30.3 Å². The highest BCUT2D eigenvalue weighted by atomic mass is 32.1. The van der Waals surface area contributed by atoms with Crippen molar-refractivity contribution < 1.29 is 0 Å². The Morgan fingerprint density at radius 1 is 1.47 bits per heavy atom. The van der Waals surface area contributed by atoms with E-state index in [4.69, 9.17) is 5.73 Å². The van der Waals surface area contributed by atoms with E-state index in [2.05, 4.69) is 30.7 Å². The number of hydrogen-bond acceptors (Lipinski definition) is 4. The van der Waals surface area contributed by atoms with Gasteiger partial charge in [-0.3, -0.25) is 0 Å². The van der Waals surface area contributed by atoms with E-state index in [-0.39, 0.29) is 0 Å². The van der Waals surface area contributed by atoms with Gasteiger partial charge in [-0.25, -0.2) is 4.98 Å². The number of nitrogens with zero attached hydrogens (tertiary/aromatic N) is 2. The molecule has 1 fully saturated rings. The molecule has 2 heterocycles. The summed E-state index contributed by atoms with van der Waals surface area (Å²) in [5.74, 6) is 0. The average Bonchev–Trinajstić information content (AvgIpc) is 2.46. The van der Waals surface area contributed by atoms with Crippen LogP contribution in [-0.2, 0) is 0 Å². The maximum absolute atomic E-state index is 5.96. The van der Waals surface area contributed by atoms with E-state index in [0.717, 1.165) is 25.1 Å². The first-order chi connectivity index (χ1) is 7.08. The summed E-state index contributed by atoms with van der Waals surface area (Å²) in [7, 11) is 0. The third kappa shape index (κ3) is 2.16. The van der Waals surface area contributed by atoms with Crippen molar-refractivity contribution in [1.29, 1.82) is 0 Å². The Morgan fingerprint density at radius 2 is 2.20 bits per heavy atom. The summed E-state index contributed by atoms with van der Waals surface area (Å²) >= 11 is 1.80. The smallest absolute Gasteiger partial charge is 0.186 e. The maximum atomic E-state index is 5.96. The van der Waals surface area contributed by atoms with Gasteiger partial charge in [0.15, 0.2) is 5.13 Å². The Hall–Kier alpha value is -0.610. The van der Waals surface area contributed by atoms with Gasteiger partial charge in [-0.15, -0.1) is 11.3 Å². The van der Waals surface area contributed by atoms with Crippen LogP contribution < -0.4 is 10.6 Å². The van der Waals surface area contributed by atoms with Crippen LogP contribution in [0.15, 0.2) is 0 Å². The molecule has 0 saturated carbocycles. The zero-order chi connectivity index (χ0) is 11.0. The van der Waals surface area contributed by atoms with Crippen molar-refractivity contribution in [3.63, 3.8) is 0 Å². The maximum Gasteiger partial charge on any atom is 0.186 e. The molecule has 2 unspecified atom stereocenters. The third-order valence-corrected chi connectivity index (χ3v) is 4.29. The van der Waals surface area contributed by atoms with Crippen LogP contribution in [0, 0.1) is 13.8 Å². The molecule has 0 bridgehead atoms. The quantitative estimate of drug-likeness (QED) is 0.795. The molecule has 0 radical (unpaired) electrons. The minimum atomic E-state index is 0.374. The molecule has 15 heavy (non-hydrogen) atoms. The molecule has 2 rings (SSSR count). The number of aromatic nitrogens is 1. The second-order valence-corrected chi connectivity index (χ2v) is 5.65. The SMILES string of the molecule is Cc1nc(N2CCC(N)CC2C)sc1C. The van der Waals surface area contributed by atoms with Gasteiger partial charge < -0.3 is 10.6 Å². The molecule has 2 N–H and O–H groups in total. The zero-order valence-electron chi connectivity index (χ0n) is 9.66. The first kappa shape index (κ1) is 10.9. The third-order valence-electron chi connectivity index (χ3n) is 3.18. The summed E-state index contributed by atoms with van der Waals surface area (Å²) in [6.07, 6.45) is 2.17. The summed E-state index contributed by atoms with van der Waals surface area (Å²) in [4.78, 5) is 8.34. The van der Waals surface area contributed by atoms with Crippen molar-refractivity contribution in [2.24, 2.45) is 5.73 Å². The predicted molar refractivity (Wildman–Crippen MR) is 65.6 cm³/mol. The highest BCUT2D eigenvalue weighted by Crippen LogP contribution is 2.29. The molecule has 0 amide bonds. The molecule has 0 aliphatic carbocycles. The van der Waals surface area contributed by atoms with Gasteiger partial charge in [0.2, 0.25) is 0 Å².